The molecule has 0 fully saturated rings. The molecule has 22 heavy (non-hydrogen) atoms. The zero-order valence-electron chi connectivity index (χ0n) is 13.6. The van der Waals surface area contributed by atoms with Crippen LogP contribution in [-0.4, -0.2) is 12.5 Å². The molecule has 0 aromatic heterocycles. The van der Waals surface area contributed by atoms with E-state index in [1.165, 1.54) is 16.7 Å². The number of carbonyl (C=O) groups excluding carboxylic acids is 1. The molecule has 0 aliphatic carbocycles. The van der Waals surface area contributed by atoms with Gasteiger partial charge >= 0.3 is 0 Å². The SMILES string of the molecule is CCc1cccc(C)c1NCC(=O)NCc1cccc(C)c1. The van der Waals surface area contributed by atoms with Crippen LogP contribution in [0.25, 0.3) is 0 Å². The zero-order chi connectivity index (χ0) is 15.9. The molecule has 0 unspecified atom stereocenters. The van der Waals surface area contributed by atoms with E-state index in [1.54, 1.807) is 0 Å². The van der Waals surface area contributed by atoms with Gasteiger partial charge in [-0.3, -0.25) is 4.79 Å². The second-order valence-electron chi connectivity index (χ2n) is 5.58. The molecular weight excluding hydrogens is 272 g/mol. The van der Waals surface area contributed by atoms with E-state index >= 15 is 0 Å². The van der Waals surface area contributed by atoms with Crippen LogP contribution in [0.4, 0.5) is 5.69 Å². The summed E-state index contributed by atoms with van der Waals surface area (Å²) in [5.74, 6) is 0.00631. The summed E-state index contributed by atoms with van der Waals surface area (Å²) in [5, 5.41) is 6.22. The second kappa shape index (κ2) is 7.64. The maximum absolute atomic E-state index is 12.0. The smallest absolute Gasteiger partial charge is 0.239 e. The number of nitrogens with one attached hydrogen (secondary N) is 2. The highest BCUT2D eigenvalue weighted by Gasteiger charge is 2.06. The number of carbonyl (C=O) groups is 1. The monoisotopic (exact) mass is 296 g/mol. The Balaban J connectivity index is 1.88. The largest absolute Gasteiger partial charge is 0.376 e. The molecule has 1 amide bonds. The molecule has 0 aliphatic heterocycles. The van der Waals surface area contributed by atoms with Crippen molar-refractivity contribution < 1.29 is 4.79 Å². The molecule has 2 aromatic carbocycles. The summed E-state index contributed by atoms with van der Waals surface area (Å²) in [5.41, 5.74) is 5.82. The van der Waals surface area contributed by atoms with Crippen molar-refractivity contribution in [3.05, 3.63) is 64.7 Å². The van der Waals surface area contributed by atoms with Gasteiger partial charge in [0.25, 0.3) is 0 Å². The minimum absolute atomic E-state index is 0.00631. The Kier molecular flexibility index (Phi) is 5.59. The lowest BCUT2D eigenvalue weighted by Crippen LogP contribution is -2.29. The lowest BCUT2D eigenvalue weighted by molar-refractivity contribution is -0.119. The molecule has 0 aliphatic rings. The fourth-order valence-corrected chi connectivity index (χ4v) is 2.53. The van der Waals surface area contributed by atoms with Crippen LogP contribution >= 0.6 is 0 Å². The first-order chi connectivity index (χ1) is 10.6. The predicted molar refractivity (Wildman–Crippen MR) is 92.1 cm³/mol. The minimum Gasteiger partial charge on any atom is -0.376 e. The first-order valence-electron chi connectivity index (χ1n) is 7.74. The Morgan fingerprint density at radius 1 is 1.09 bits per heavy atom. The van der Waals surface area contributed by atoms with Crippen molar-refractivity contribution in [1.29, 1.82) is 0 Å². The number of rotatable bonds is 6. The maximum atomic E-state index is 12.0. The van der Waals surface area contributed by atoms with Crippen LogP contribution in [0.5, 0.6) is 0 Å². The fraction of sp³-hybridized carbons (Fsp3) is 0.316. The van der Waals surface area contributed by atoms with Gasteiger partial charge < -0.3 is 10.6 Å². The third-order valence-corrected chi connectivity index (χ3v) is 3.74. The molecule has 0 saturated carbocycles. The zero-order valence-corrected chi connectivity index (χ0v) is 13.6. The quantitative estimate of drug-likeness (QED) is 0.855. The highest BCUT2D eigenvalue weighted by Crippen LogP contribution is 2.20. The molecule has 0 spiro atoms. The second-order valence-corrected chi connectivity index (χ2v) is 5.58. The van der Waals surface area contributed by atoms with Crippen molar-refractivity contribution in [1.82, 2.24) is 5.32 Å². The molecule has 0 bridgehead atoms. The first-order valence-corrected chi connectivity index (χ1v) is 7.74. The summed E-state index contributed by atoms with van der Waals surface area (Å²) in [6, 6.07) is 14.4. The Morgan fingerprint density at radius 3 is 2.59 bits per heavy atom. The molecule has 3 nitrogen and oxygen atoms in total. The van der Waals surface area contributed by atoms with Crippen LogP contribution in [-0.2, 0) is 17.8 Å². The molecule has 2 aromatic rings. The normalized spacial score (nSPS) is 10.3. The van der Waals surface area contributed by atoms with Gasteiger partial charge in [-0.05, 0) is 37.0 Å². The Morgan fingerprint density at radius 2 is 1.86 bits per heavy atom. The summed E-state index contributed by atoms with van der Waals surface area (Å²) >= 11 is 0. The highest BCUT2D eigenvalue weighted by molar-refractivity contribution is 5.81. The minimum atomic E-state index is 0.00631. The lowest BCUT2D eigenvalue weighted by atomic mass is 10.1. The average Bonchev–Trinajstić information content (AvgIpc) is 2.51. The molecular formula is C19H24N2O. The van der Waals surface area contributed by atoms with Crippen LogP contribution in [0.1, 0.15) is 29.2 Å². The number of aryl methyl sites for hydroxylation is 3. The summed E-state index contributed by atoms with van der Waals surface area (Å²) in [7, 11) is 0. The molecule has 0 saturated heterocycles. The van der Waals surface area contributed by atoms with Crippen LogP contribution in [0, 0.1) is 13.8 Å². The Bertz CT molecular complexity index is 650. The number of para-hydroxylation sites is 1. The number of amides is 1. The molecule has 3 heteroatoms. The third kappa shape index (κ3) is 4.35. The molecule has 0 atom stereocenters. The van der Waals surface area contributed by atoms with Gasteiger partial charge in [0.05, 0.1) is 6.54 Å². The predicted octanol–water partition coefficient (Wildman–Crippen LogP) is 3.59. The topological polar surface area (TPSA) is 41.1 Å². The van der Waals surface area contributed by atoms with Gasteiger partial charge in [0, 0.05) is 12.2 Å². The van der Waals surface area contributed by atoms with Gasteiger partial charge in [-0.25, -0.2) is 0 Å². The number of hydrogen-bond acceptors (Lipinski definition) is 2. The summed E-state index contributed by atoms with van der Waals surface area (Å²) in [6.07, 6.45) is 0.953. The summed E-state index contributed by atoms with van der Waals surface area (Å²) in [4.78, 5) is 12.0. The molecule has 2 N–H and O–H groups in total. The van der Waals surface area contributed by atoms with Crippen molar-refractivity contribution in [2.24, 2.45) is 0 Å². The summed E-state index contributed by atoms with van der Waals surface area (Å²) in [6.45, 7) is 7.10. The van der Waals surface area contributed by atoms with Gasteiger partial charge in [-0.2, -0.15) is 0 Å². The van der Waals surface area contributed by atoms with Gasteiger partial charge in [-0.15, -0.1) is 0 Å². The Labute approximate surface area is 132 Å². The number of anilines is 1. The highest BCUT2D eigenvalue weighted by atomic mass is 16.1. The van der Waals surface area contributed by atoms with Crippen molar-refractivity contribution in [2.45, 2.75) is 33.7 Å². The standard InChI is InChI=1S/C19H24N2O/c1-4-17-10-6-8-15(3)19(17)21-13-18(22)20-12-16-9-5-7-14(2)11-16/h5-11,21H,4,12-13H2,1-3H3,(H,20,22). The first kappa shape index (κ1) is 16.1. The Hall–Kier alpha value is -2.29. The van der Waals surface area contributed by atoms with E-state index in [0.29, 0.717) is 13.1 Å². The van der Waals surface area contributed by atoms with Gasteiger partial charge in [-0.1, -0.05) is 55.0 Å². The van der Waals surface area contributed by atoms with Gasteiger partial charge in [0.15, 0.2) is 0 Å². The molecule has 0 radical (unpaired) electrons. The molecule has 2 rings (SSSR count). The summed E-state index contributed by atoms with van der Waals surface area (Å²) < 4.78 is 0. The van der Waals surface area contributed by atoms with E-state index in [2.05, 4.69) is 61.7 Å². The molecule has 0 heterocycles. The van der Waals surface area contributed by atoms with E-state index in [4.69, 9.17) is 0 Å². The van der Waals surface area contributed by atoms with E-state index in [-0.39, 0.29) is 5.91 Å². The number of hydrogen-bond donors (Lipinski definition) is 2. The van der Waals surface area contributed by atoms with E-state index in [9.17, 15) is 4.79 Å². The third-order valence-electron chi connectivity index (χ3n) is 3.74. The van der Waals surface area contributed by atoms with Crippen molar-refractivity contribution >= 4 is 11.6 Å². The van der Waals surface area contributed by atoms with Crippen LogP contribution in [0.15, 0.2) is 42.5 Å². The van der Waals surface area contributed by atoms with Crippen molar-refractivity contribution in [3.63, 3.8) is 0 Å². The van der Waals surface area contributed by atoms with Gasteiger partial charge in [0.2, 0.25) is 5.91 Å². The number of benzene rings is 2. The lowest BCUT2D eigenvalue weighted by Gasteiger charge is -2.14. The maximum Gasteiger partial charge on any atom is 0.239 e. The van der Waals surface area contributed by atoms with Crippen LogP contribution in [0.3, 0.4) is 0 Å². The van der Waals surface area contributed by atoms with E-state index in [1.807, 2.05) is 12.1 Å². The average molecular weight is 296 g/mol. The van der Waals surface area contributed by atoms with Crippen molar-refractivity contribution in [3.8, 4) is 0 Å². The molecule has 116 valence electrons. The van der Waals surface area contributed by atoms with Crippen LogP contribution in [0.2, 0.25) is 0 Å². The van der Waals surface area contributed by atoms with Crippen molar-refractivity contribution in [2.75, 3.05) is 11.9 Å². The van der Waals surface area contributed by atoms with E-state index in [0.717, 1.165) is 17.7 Å². The van der Waals surface area contributed by atoms with Crippen LogP contribution < -0.4 is 10.6 Å². The van der Waals surface area contributed by atoms with E-state index < -0.39 is 0 Å². The van der Waals surface area contributed by atoms with Gasteiger partial charge in [0.1, 0.15) is 0 Å². The fourth-order valence-electron chi connectivity index (χ4n) is 2.53.